The Morgan fingerprint density at radius 3 is 2.47 bits per heavy atom. The molecule has 1 N–H and O–H groups in total. The van der Waals surface area contributed by atoms with Crippen LogP contribution in [0.5, 0.6) is 5.75 Å². The molecule has 3 fully saturated rings. The molecule has 2 amide bonds. The molecule has 4 rings (SSSR count). The van der Waals surface area contributed by atoms with E-state index in [-0.39, 0.29) is 23.8 Å². The van der Waals surface area contributed by atoms with Crippen molar-refractivity contribution >= 4 is 17.5 Å². The lowest BCUT2D eigenvalue weighted by atomic mass is 9.88. The van der Waals surface area contributed by atoms with Gasteiger partial charge in [-0.2, -0.15) is 0 Å². The minimum Gasteiger partial charge on any atom is -0.495 e. The van der Waals surface area contributed by atoms with E-state index in [0.717, 1.165) is 96.4 Å². The number of amides is 2. The molecule has 1 saturated carbocycles. The lowest BCUT2D eigenvalue weighted by Crippen LogP contribution is -2.48. The number of ether oxygens (including phenoxy) is 1. The van der Waals surface area contributed by atoms with Gasteiger partial charge in [0.05, 0.1) is 12.8 Å². The van der Waals surface area contributed by atoms with E-state index < -0.39 is 0 Å². The van der Waals surface area contributed by atoms with Crippen molar-refractivity contribution in [1.82, 2.24) is 15.1 Å². The van der Waals surface area contributed by atoms with Gasteiger partial charge in [0.15, 0.2) is 0 Å². The van der Waals surface area contributed by atoms with E-state index in [1.54, 1.807) is 7.11 Å². The Hall–Kier alpha value is -2.28. The van der Waals surface area contributed by atoms with E-state index in [9.17, 15) is 9.59 Å². The number of para-hydroxylation sites is 2. The van der Waals surface area contributed by atoms with E-state index >= 15 is 0 Å². The van der Waals surface area contributed by atoms with Crippen LogP contribution in [-0.2, 0) is 9.59 Å². The van der Waals surface area contributed by atoms with Gasteiger partial charge < -0.3 is 19.9 Å². The zero-order valence-electron chi connectivity index (χ0n) is 20.8. The minimum absolute atomic E-state index is 0.0482. The summed E-state index contributed by atoms with van der Waals surface area (Å²) in [6, 6.07) is 7.97. The number of benzene rings is 1. The summed E-state index contributed by atoms with van der Waals surface area (Å²) < 4.78 is 5.51. The largest absolute Gasteiger partial charge is 0.495 e. The van der Waals surface area contributed by atoms with Crippen LogP contribution in [-0.4, -0.2) is 80.6 Å². The number of carbonyl (C=O) groups is 2. The number of carbonyl (C=O) groups excluding carboxylic acids is 2. The number of likely N-dealkylation sites (tertiary alicyclic amines) is 1. The second-order valence-corrected chi connectivity index (χ2v) is 10.0. The zero-order valence-corrected chi connectivity index (χ0v) is 20.8. The van der Waals surface area contributed by atoms with Crippen LogP contribution in [0.1, 0.15) is 57.8 Å². The Kier molecular flexibility index (Phi) is 9.08. The number of unbranched alkanes of at least 4 members (excludes halogenated alkanes) is 1. The zero-order chi connectivity index (χ0) is 23.8. The Morgan fingerprint density at radius 2 is 1.71 bits per heavy atom. The molecular formula is C27H42N4O3. The van der Waals surface area contributed by atoms with Crippen LogP contribution in [0.3, 0.4) is 0 Å². The summed E-state index contributed by atoms with van der Waals surface area (Å²) in [6.45, 7) is 6.60. The summed E-state index contributed by atoms with van der Waals surface area (Å²) in [5.74, 6) is 1.36. The Bertz CT molecular complexity index is 803. The highest BCUT2D eigenvalue weighted by molar-refractivity contribution is 5.89. The number of rotatable bonds is 9. The maximum Gasteiger partial charge on any atom is 0.242 e. The molecular weight excluding hydrogens is 428 g/mol. The second-order valence-electron chi connectivity index (χ2n) is 10.0. The summed E-state index contributed by atoms with van der Waals surface area (Å²) in [5.41, 5.74) is 1.18. The molecule has 0 spiro atoms. The first-order valence-corrected chi connectivity index (χ1v) is 13.4. The maximum absolute atomic E-state index is 12.9. The summed E-state index contributed by atoms with van der Waals surface area (Å²) in [4.78, 5) is 32.5. The standard InChI is InChI=1S/C27H42N4O3/c1-34-25-14-6-5-12-23(25)30-20-18-29(19-21-30)16-8-7-15-28-26(32)24-13-9-17-31(24)27(33)22-10-3-2-4-11-22/h5-6,12,14,22,24H,2-4,7-11,13,15-21H2,1H3,(H,28,32). The van der Waals surface area contributed by atoms with Crippen molar-refractivity contribution in [1.29, 1.82) is 0 Å². The molecule has 1 aromatic rings. The van der Waals surface area contributed by atoms with Crippen LogP contribution in [0.25, 0.3) is 0 Å². The Balaban J connectivity index is 1.12. The van der Waals surface area contributed by atoms with Crippen molar-refractivity contribution in [2.24, 2.45) is 5.92 Å². The van der Waals surface area contributed by atoms with Gasteiger partial charge in [0.25, 0.3) is 0 Å². The first kappa shape index (κ1) is 24.8. The van der Waals surface area contributed by atoms with Crippen molar-refractivity contribution < 1.29 is 14.3 Å². The van der Waals surface area contributed by atoms with Crippen molar-refractivity contribution in [3.8, 4) is 5.75 Å². The van der Waals surface area contributed by atoms with Crippen LogP contribution in [0.2, 0.25) is 0 Å². The number of anilines is 1. The molecule has 0 radical (unpaired) electrons. The summed E-state index contributed by atoms with van der Waals surface area (Å²) in [5, 5.41) is 3.12. The van der Waals surface area contributed by atoms with Gasteiger partial charge in [0.1, 0.15) is 11.8 Å². The van der Waals surface area contributed by atoms with Gasteiger partial charge in [0, 0.05) is 45.2 Å². The normalized spacial score (nSPS) is 22.1. The molecule has 188 valence electrons. The molecule has 1 atom stereocenters. The smallest absolute Gasteiger partial charge is 0.242 e. The van der Waals surface area contributed by atoms with Gasteiger partial charge >= 0.3 is 0 Å². The monoisotopic (exact) mass is 470 g/mol. The number of hydrogen-bond acceptors (Lipinski definition) is 5. The first-order valence-electron chi connectivity index (χ1n) is 13.4. The van der Waals surface area contributed by atoms with E-state index in [4.69, 9.17) is 4.74 Å². The van der Waals surface area contributed by atoms with Gasteiger partial charge in [-0.05, 0) is 57.2 Å². The molecule has 0 aromatic heterocycles. The van der Waals surface area contributed by atoms with Gasteiger partial charge in [-0.15, -0.1) is 0 Å². The lowest BCUT2D eigenvalue weighted by molar-refractivity contribution is -0.142. The molecule has 0 bridgehead atoms. The quantitative estimate of drug-likeness (QED) is 0.561. The fraction of sp³-hybridized carbons (Fsp3) is 0.704. The van der Waals surface area contributed by atoms with E-state index in [2.05, 4.69) is 27.2 Å². The van der Waals surface area contributed by atoms with E-state index in [0.29, 0.717) is 6.54 Å². The Morgan fingerprint density at radius 1 is 0.941 bits per heavy atom. The van der Waals surface area contributed by atoms with Gasteiger partial charge in [-0.3, -0.25) is 14.5 Å². The molecule has 34 heavy (non-hydrogen) atoms. The summed E-state index contributed by atoms with van der Waals surface area (Å²) in [7, 11) is 1.73. The van der Waals surface area contributed by atoms with Crippen LogP contribution in [0.4, 0.5) is 5.69 Å². The van der Waals surface area contributed by atoms with Crippen LogP contribution < -0.4 is 15.0 Å². The van der Waals surface area contributed by atoms with Crippen molar-refractivity contribution in [3.05, 3.63) is 24.3 Å². The fourth-order valence-electron chi connectivity index (χ4n) is 5.78. The van der Waals surface area contributed by atoms with Crippen LogP contribution >= 0.6 is 0 Å². The third-order valence-electron chi connectivity index (χ3n) is 7.79. The number of nitrogens with one attached hydrogen (secondary N) is 1. The minimum atomic E-state index is -0.252. The number of hydrogen-bond donors (Lipinski definition) is 1. The van der Waals surface area contributed by atoms with Crippen LogP contribution in [0, 0.1) is 5.92 Å². The average molecular weight is 471 g/mol. The predicted molar refractivity (Wildman–Crippen MR) is 135 cm³/mol. The van der Waals surface area contributed by atoms with Gasteiger partial charge in [0.2, 0.25) is 11.8 Å². The van der Waals surface area contributed by atoms with Crippen LogP contribution in [0.15, 0.2) is 24.3 Å². The Labute approximate surface area is 204 Å². The maximum atomic E-state index is 12.9. The van der Waals surface area contributed by atoms with Gasteiger partial charge in [-0.1, -0.05) is 31.4 Å². The molecule has 2 aliphatic heterocycles. The second kappa shape index (κ2) is 12.4. The molecule has 2 heterocycles. The lowest BCUT2D eigenvalue weighted by Gasteiger charge is -2.36. The van der Waals surface area contributed by atoms with Crippen molar-refractivity contribution in [3.63, 3.8) is 0 Å². The van der Waals surface area contributed by atoms with E-state index in [1.165, 1.54) is 12.1 Å². The third-order valence-corrected chi connectivity index (χ3v) is 7.79. The molecule has 1 unspecified atom stereocenters. The highest BCUT2D eigenvalue weighted by Crippen LogP contribution is 2.29. The topological polar surface area (TPSA) is 65.1 Å². The fourth-order valence-corrected chi connectivity index (χ4v) is 5.78. The molecule has 7 heteroatoms. The molecule has 7 nitrogen and oxygen atoms in total. The summed E-state index contributed by atoms with van der Waals surface area (Å²) >= 11 is 0. The molecule has 2 saturated heterocycles. The predicted octanol–water partition coefficient (Wildman–Crippen LogP) is 3.28. The summed E-state index contributed by atoms with van der Waals surface area (Å²) in [6.07, 6.45) is 9.33. The highest BCUT2D eigenvalue weighted by Gasteiger charge is 2.37. The molecule has 1 aliphatic carbocycles. The number of piperazine rings is 1. The molecule has 3 aliphatic rings. The SMILES string of the molecule is COc1ccccc1N1CCN(CCCCNC(=O)C2CCCN2C(=O)C2CCCCC2)CC1. The van der Waals surface area contributed by atoms with E-state index in [1.807, 2.05) is 17.0 Å². The third kappa shape index (κ3) is 6.23. The highest BCUT2D eigenvalue weighted by atomic mass is 16.5. The van der Waals surface area contributed by atoms with Crippen molar-refractivity contribution in [2.45, 2.75) is 63.8 Å². The van der Waals surface area contributed by atoms with Crippen molar-refractivity contribution in [2.75, 3.05) is 57.8 Å². The molecule has 1 aromatic carbocycles. The number of nitrogens with zero attached hydrogens (tertiary/aromatic N) is 3. The van der Waals surface area contributed by atoms with Gasteiger partial charge in [-0.25, -0.2) is 0 Å². The first-order chi connectivity index (χ1) is 16.7. The average Bonchev–Trinajstić information content (AvgIpc) is 3.39. The number of methoxy groups -OCH3 is 1.